The van der Waals surface area contributed by atoms with Gasteiger partial charge in [0.15, 0.2) is 6.61 Å². The molecule has 2 rings (SSSR count). The van der Waals surface area contributed by atoms with Crippen molar-refractivity contribution < 1.29 is 14.4 Å². The van der Waals surface area contributed by atoms with E-state index in [9.17, 15) is 4.79 Å². The average molecular weight is 242 g/mol. The molecule has 90 valence electrons. The van der Waals surface area contributed by atoms with Crippen LogP contribution in [0.5, 0.6) is 5.75 Å². The van der Waals surface area contributed by atoms with Gasteiger partial charge in [0.25, 0.3) is 0 Å². The van der Waals surface area contributed by atoms with Crippen LogP contribution in [0.4, 0.5) is 0 Å². The van der Waals surface area contributed by atoms with Gasteiger partial charge in [-0.2, -0.15) is 5.26 Å². The summed E-state index contributed by atoms with van der Waals surface area (Å²) in [6.45, 7) is 1.65. The molecule has 1 aromatic rings. The van der Waals surface area contributed by atoms with Crippen LogP contribution in [0.1, 0.15) is 12.5 Å². The fourth-order valence-corrected chi connectivity index (χ4v) is 1.52. The molecule has 0 bridgehead atoms. The zero-order valence-electron chi connectivity index (χ0n) is 9.71. The number of hydrogen-bond donors (Lipinski definition) is 0. The predicted octanol–water partition coefficient (Wildman–Crippen LogP) is 1.91. The first-order valence-corrected chi connectivity index (χ1v) is 5.29. The van der Waals surface area contributed by atoms with E-state index in [1.165, 1.54) is 0 Å². The van der Waals surface area contributed by atoms with E-state index in [1.807, 2.05) is 12.1 Å². The summed E-state index contributed by atoms with van der Waals surface area (Å²) in [6.07, 6.45) is 1.64. The molecule has 0 N–H and O–H groups in total. The van der Waals surface area contributed by atoms with Crippen LogP contribution < -0.4 is 4.74 Å². The molecule has 1 aliphatic heterocycles. The highest BCUT2D eigenvalue weighted by Crippen LogP contribution is 2.23. The van der Waals surface area contributed by atoms with Crippen molar-refractivity contribution in [2.75, 3.05) is 6.61 Å². The summed E-state index contributed by atoms with van der Waals surface area (Å²) in [7, 11) is 0. The lowest BCUT2D eigenvalue weighted by Crippen LogP contribution is -2.02. The van der Waals surface area contributed by atoms with E-state index >= 15 is 0 Å². The Morgan fingerprint density at radius 3 is 2.94 bits per heavy atom. The van der Waals surface area contributed by atoms with E-state index in [-0.39, 0.29) is 6.61 Å². The summed E-state index contributed by atoms with van der Waals surface area (Å²) in [4.78, 5) is 16.0. The molecule has 1 aromatic carbocycles. The van der Waals surface area contributed by atoms with Gasteiger partial charge >= 0.3 is 5.97 Å². The van der Waals surface area contributed by atoms with Gasteiger partial charge in [0.2, 0.25) is 0 Å². The fourth-order valence-electron chi connectivity index (χ4n) is 1.52. The Labute approximate surface area is 104 Å². The lowest BCUT2D eigenvalue weighted by molar-refractivity contribution is -0.136. The second kappa shape index (κ2) is 5.15. The molecule has 5 heteroatoms. The number of nitrogens with zero attached hydrogens (tertiary/aromatic N) is 2. The van der Waals surface area contributed by atoms with Crippen molar-refractivity contribution in [3.05, 3.63) is 35.4 Å². The number of oxime groups is 1. The Balaban J connectivity index is 2.34. The van der Waals surface area contributed by atoms with Crippen molar-refractivity contribution in [2.45, 2.75) is 6.92 Å². The highest BCUT2D eigenvalue weighted by atomic mass is 16.7. The van der Waals surface area contributed by atoms with E-state index in [4.69, 9.17) is 10.00 Å². The molecule has 0 radical (unpaired) electrons. The van der Waals surface area contributed by atoms with E-state index in [1.54, 1.807) is 31.2 Å². The second-order valence-corrected chi connectivity index (χ2v) is 3.60. The third-order valence-electron chi connectivity index (χ3n) is 2.39. The van der Waals surface area contributed by atoms with Crippen LogP contribution in [-0.2, 0) is 9.63 Å². The monoisotopic (exact) mass is 242 g/mol. The third-order valence-corrected chi connectivity index (χ3v) is 2.39. The summed E-state index contributed by atoms with van der Waals surface area (Å²) in [5, 5.41) is 12.1. The zero-order valence-corrected chi connectivity index (χ0v) is 9.71. The first-order valence-electron chi connectivity index (χ1n) is 5.29. The van der Waals surface area contributed by atoms with Gasteiger partial charge in [0, 0.05) is 5.56 Å². The van der Waals surface area contributed by atoms with Gasteiger partial charge in [0.05, 0.1) is 11.3 Å². The smallest absolute Gasteiger partial charge is 0.367 e. The van der Waals surface area contributed by atoms with Gasteiger partial charge in [-0.25, -0.2) is 4.79 Å². The number of hydrogen-bond acceptors (Lipinski definition) is 5. The maximum Gasteiger partial charge on any atom is 0.367 e. The van der Waals surface area contributed by atoms with Gasteiger partial charge in [-0.3, -0.25) is 0 Å². The number of ether oxygens (including phenoxy) is 1. The topological polar surface area (TPSA) is 71.7 Å². The minimum atomic E-state index is -0.484. The molecular weight excluding hydrogens is 232 g/mol. The molecule has 0 aromatic heterocycles. The Morgan fingerprint density at radius 2 is 2.28 bits per heavy atom. The van der Waals surface area contributed by atoms with Crippen molar-refractivity contribution in [2.24, 2.45) is 5.16 Å². The standard InChI is InChI=1S/C13H10N2O3/c1-9-11(13(16)18-15-9)8-10-4-2-3-5-12(10)17-7-6-14/h2-5,8H,7H2,1H3/b11-8-. The molecular formula is C13H10N2O3. The highest BCUT2D eigenvalue weighted by Gasteiger charge is 2.22. The fraction of sp³-hybridized carbons (Fsp3) is 0.154. The van der Waals surface area contributed by atoms with E-state index < -0.39 is 5.97 Å². The quantitative estimate of drug-likeness (QED) is 0.599. The number of carbonyl (C=O) groups is 1. The number of rotatable bonds is 3. The first-order chi connectivity index (χ1) is 8.72. The average Bonchev–Trinajstić information content (AvgIpc) is 2.69. The lowest BCUT2D eigenvalue weighted by Gasteiger charge is -2.05. The normalized spacial score (nSPS) is 16.1. The summed E-state index contributed by atoms with van der Waals surface area (Å²) < 4.78 is 5.27. The Kier molecular flexibility index (Phi) is 3.39. The van der Waals surface area contributed by atoms with Gasteiger partial charge in [-0.05, 0) is 19.1 Å². The van der Waals surface area contributed by atoms with Crippen LogP contribution in [0, 0.1) is 11.3 Å². The molecule has 0 spiro atoms. The minimum Gasteiger partial charge on any atom is -0.478 e. The molecule has 5 nitrogen and oxygen atoms in total. The largest absolute Gasteiger partial charge is 0.478 e. The van der Waals surface area contributed by atoms with Crippen LogP contribution in [0.15, 0.2) is 35.0 Å². The molecule has 0 aliphatic carbocycles. The highest BCUT2D eigenvalue weighted by molar-refractivity contribution is 6.24. The molecule has 18 heavy (non-hydrogen) atoms. The zero-order chi connectivity index (χ0) is 13.0. The lowest BCUT2D eigenvalue weighted by atomic mass is 10.1. The van der Waals surface area contributed by atoms with Gasteiger partial charge in [-0.15, -0.1) is 0 Å². The number of carbonyl (C=O) groups excluding carboxylic acids is 1. The number of nitriles is 1. The summed E-state index contributed by atoms with van der Waals surface area (Å²) in [6, 6.07) is 9.03. The van der Waals surface area contributed by atoms with Crippen molar-refractivity contribution in [1.29, 1.82) is 5.26 Å². The van der Waals surface area contributed by atoms with Crippen LogP contribution in [0.3, 0.4) is 0 Å². The SMILES string of the molecule is CC1=NOC(=O)/C1=C\c1ccccc1OCC#N. The maximum atomic E-state index is 11.4. The van der Waals surface area contributed by atoms with E-state index in [2.05, 4.69) is 9.99 Å². The molecule has 1 heterocycles. The molecule has 0 atom stereocenters. The summed E-state index contributed by atoms with van der Waals surface area (Å²) in [5.41, 5.74) is 1.62. The predicted molar refractivity (Wildman–Crippen MR) is 64.7 cm³/mol. The van der Waals surface area contributed by atoms with Crippen LogP contribution >= 0.6 is 0 Å². The molecule has 0 saturated heterocycles. The Morgan fingerprint density at radius 1 is 1.50 bits per heavy atom. The minimum absolute atomic E-state index is 0.0439. The van der Waals surface area contributed by atoms with Crippen molar-refractivity contribution in [3.8, 4) is 11.8 Å². The summed E-state index contributed by atoms with van der Waals surface area (Å²) >= 11 is 0. The van der Waals surface area contributed by atoms with Crippen LogP contribution in [0.2, 0.25) is 0 Å². The van der Waals surface area contributed by atoms with Crippen molar-refractivity contribution >= 4 is 17.8 Å². The molecule has 0 unspecified atom stereocenters. The second-order valence-electron chi connectivity index (χ2n) is 3.60. The summed E-state index contributed by atoms with van der Waals surface area (Å²) in [5.74, 6) is 0.0571. The molecule has 0 fully saturated rings. The van der Waals surface area contributed by atoms with E-state index in [0.717, 1.165) is 0 Å². The van der Waals surface area contributed by atoms with Gasteiger partial charge in [0.1, 0.15) is 11.8 Å². The number of benzene rings is 1. The molecule has 1 aliphatic rings. The van der Waals surface area contributed by atoms with Gasteiger partial charge < -0.3 is 9.57 Å². The Bertz CT molecular complexity index is 582. The number of para-hydroxylation sites is 1. The Hall–Kier alpha value is -2.61. The van der Waals surface area contributed by atoms with Crippen molar-refractivity contribution in [1.82, 2.24) is 0 Å². The van der Waals surface area contributed by atoms with E-state index in [0.29, 0.717) is 22.6 Å². The van der Waals surface area contributed by atoms with Gasteiger partial charge in [-0.1, -0.05) is 23.4 Å². The van der Waals surface area contributed by atoms with Crippen LogP contribution in [-0.4, -0.2) is 18.3 Å². The maximum absolute atomic E-state index is 11.4. The van der Waals surface area contributed by atoms with Crippen molar-refractivity contribution in [3.63, 3.8) is 0 Å². The molecule has 0 saturated carbocycles. The van der Waals surface area contributed by atoms with Crippen LogP contribution in [0.25, 0.3) is 6.08 Å². The third kappa shape index (κ3) is 2.38. The first kappa shape index (κ1) is 11.9. The molecule has 0 amide bonds.